The van der Waals surface area contributed by atoms with Gasteiger partial charge in [-0.25, -0.2) is 8.42 Å². The Balaban J connectivity index is 1.71. The van der Waals surface area contributed by atoms with Crippen LogP contribution < -0.4 is 10.0 Å². The molecule has 0 bridgehead atoms. The number of hydrogen-bond donors (Lipinski definition) is 2. The second kappa shape index (κ2) is 6.44. The average Bonchev–Trinajstić information content (AvgIpc) is 3.21. The predicted molar refractivity (Wildman–Crippen MR) is 89.4 cm³/mol. The molecule has 3 aromatic rings. The molecule has 0 radical (unpaired) electrons. The first-order valence-electron chi connectivity index (χ1n) is 6.28. The molecule has 1 amide bonds. The van der Waals surface area contributed by atoms with Gasteiger partial charge in [0.15, 0.2) is 0 Å². The molecular formula is C13H10N4O3S3. The van der Waals surface area contributed by atoms with Crippen LogP contribution in [0.15, 0.2) is 51.5 Å². The van der Waals surface area contributed by atoms with Gasteiger partial charge in [-0.1, -0.05) is 17.4 Å². The highest BCUT2D eigenvalue weighted by Gasteiger charge is 2.15. The number of benzene rings is 1. The van der Waals surface area contributed by atoms with Crippen LogP contribution in [0.4, 0.5) is 10.8 Å². The maximum atomic E-state index is 12.1. The highest BCUT2D eigenvalue weighted by atomic mass is 32.2. The molecule has 0 aliphatic rings. The van der Waals surface area contributed by atoms with Crippen LogP contribution in [0.25, 0.3) is 0 Å². The Labute approximate surface area is 140 Å². The molecule has 3 rings (SSSR count). The molecule has 118 valence electrons. The van der Waals surface area contributed by atoms with Crippen molar-refractivity contribution >= 4 is 49.4 Å². The van der Waals surface area contributed by atoms with E-state index in [0.717, 1.165) is 11.3 Å². The van der Waals surface area contributed by atoms with E-state index < -0.39 is 10.0 Å². The second-order valence-corrected chi connectivity index (χ2v) is 8.00. The molecule has 0 aliphatic heterocycles. The lowest BCUT2D eigenvalue weighted by Gasteiger charge is -2.07. The monoisotopic (exact) mass is 366 g/mol. The molecule has 10 heteroatoms. The van der Waals surface area contributed by atoms with E-state index in [1.54, 1.807) is 11.4 Å². The standard InChI is InChI=1S/C13H10N4O3S3/c18-12(15-13-16-14-8-22-13)9-3-5-10(6-4-9)17-23(19,20)11-2-1-7-21-11/h1-8,17H,(H,15,16,18). The maximum absolute atomic E-state index is 12.1. The van der Waals surface area contributed by atoms with Gasteiger partial charge in [0.25, 0.3) is 15.9 Å². The molecule has 1 aromatic carbocycles. The van der Waals surface area contributed by atoms with E-state index in [1.165, 1.54) is 47.2 Å². The fraction of sp³-hybridized carbons (Fsp3) is 0. The Morgan fingerprint density at radius 1 is 1.09 bits per heavy atom. The summed E-state index contributed by atoms with van der Waals surface area (Å²) in [6.07, 6.45) is 0. The maximum Gasteiger partial charge on any atom is 0.271 e. The molecule has 2 aromatic heterocycles. The van der Waals surface area contributed by atoms with Gasteiger partial charge < -0.3 is 0 Å². The molecule has 0 saturated heterocycles. The van der Waals surface area contributed by atoms with Crippen LogP contribution >= 0.6 is 22.7 Å². The summed E-state index contributed by atoms with van der Waals surface area (Å²) < 4.78 is 26.9. The summed E-state index contributed by atoms with van der Waals surface area (Å²) in [6, 6.07) is 9.31. The van der Waals surface area contributed by atoms with Crippen molar-refractivity contribution in [1.29, 1.82) is 0 Å². The number of nitrogens with zero attached hydrogens (tertiary/aromatic N) is 2. The van der Waals surface area contributed by atoms with Crippen LogP contribution in [0.5, 0.6) is 0 Å². The number of rotatable bonds is 5. The molecular weight excluding hydrogens is 356 g/mol. The molecule has 0 atom stereocenters. The number of carbonyl (C=O) groups is 1. The molecule has 0 aliphatic carbocycles. The van der Waals surface area contributed by atoms with Gasteiger partial charge in [-0.2, -0.15) is 0 Å². The zero-order valence-corrected chi connectivity index (χ0v) is 13.9. The smallest absolute Gasteiger partial charge is 0.271 e. The lowest BCUT2D eigenvalue weighted by atomic mass is 10.2. The zero-order valence-electron chi connectivity index (χ0n) is 11.5. The van der Waals surface area contributed by atoms with E-state index in [-0.39, 0.29) is 10.1 Å². The Hall–Kier alpha value is -2.30. The summed E-state index contributed by atoms with van der Waals surface area (Å²) in [6.45, 7) is 0. The number of thiophene rings is 1. The van der Waals surface area contributed by atoms with Crippen LogP contribution in [0.1, 0.15) is 10.4 Å². The summed E-state index contributed by atoms with van der Waals surface area (Å²) >= 11 is 2.34. The minimum absolute atomic E-state index is 0.232. The molecule has 0 fully saturated rings. The van der Waals surface area contributed by atoms with Gasteiger partial charge in [0.2, 0.25) is 5.13 Å². The number of hydrogen-bond acceptors (Lipinski definition) is 7. The number of aromatic nitrogens is 2. The van der Waals surface area contributed by atoms with Crippen molar-refractivity contribution in [2.45, 2.75) is 4.21 Å². The third-order valence-electron chi connectivity index (χ3n) is 2.74. The predicted octanol–water partition coefficient (Wildman–Crippen LogP) is 2.65. The summed E-state index contributed by atoms with van der Waals surface area (Å²) in [7, 11) is -3.59. The van der Waals surface area contributed by atoms with E-state index in [9.17, 15) is 13.2 Å². The number of nitrogens with one attached hydrogen (secondary N) is 2. The quantitative estimate of drug-likeness (QED) is 0.723. The van der Waals surface area contributed by atoms with Crippen molar-refractivity contribution in [2.24, 2.45) is 0 Å². The highest BCUT2D eigenvalue weighted by molar-refractivity contribution is 7.94. The van der Waals surface area contributed by atoms with E-state index in [4.69, 9.17) is 0 Å². The molecule has 0 unspecified atom stereocenters. The van der Waals surface area contributed by atoms with Gasteiger partial charge in [-0.15, -0.1) is 21.5 Å². The fourth-order valence-corrected chi connectivity index (χ4v) is 4.20. The van der Waals surface area contributed by atoms with Gasteiger partial charge in [0, 0.05) is 11.3 Å². The first kappa shape index (κ1) is 15.6. The summed E-state index contributed by atoms with van der Waals surface area (Å²) in [5, 5.41) is 12.0. The first-order valence-corrected chi connectivity index (χ1v) is 9.53. The van der Waals surface area contributed by atoms with Gasteiger partial charge in [0.05, 0.1) is 0 Å². The fourth-order valence-electron chi connectivity index (χ4n) is 1.71. The first-order chi connectivity index (χ1) is 11.0. The molecule has 7 nitrogen and oxygen atoms in total. The topological polar surface area (TPSA) is 101 Å². The van der Waals surface area contributed by atoms with Crippen molar-refractivity contribution < 1.29 is 13.2 Å². The van der Waals surface area contributed by atoms with Crippen molar-refractivity contribution in [3.8, 4) is 0 Å². The Morgan fingerprint density at radius 3 is 2.48 bits per heavy atom. The van der Waals surface area contributed by atoms with Crippen molar-refractivity contribution in [3.63, 3.8) is 0 Å². The summed E-state index contributed by atoms with van der Waals surface area (Å²) in [4.78, 5) is 12.0. The van der Waals surface area contributed by atoms with Crippen LogP contribution in [0.3, 0.4) is 0 Å². The van der Waals surface area contributed by atoms with Crippen LogP contribution in [-0.4, -0.2) is 24.5 Å². The highest BCUT2D eigenvalue weighted by Crippen LogP contribution is 2.20. The Kier molecular flexibility index (Phi) is 4.37. The average molecular weight is 366 g/mol. The molecule has 0 saturated carbocycles. The van der Waals surface area contributed by atoms with E-state index >= 15 is 0 Å². The Morgan fingerprint density at radius 2 is 1.87 bits per heavy atom. The van der Waals surface area contributed by atoms with E-state index in [1.807, 2.05) is 0 Å². The van der Waals surface area contributed by atoms with E-state index in [0.29, 0.717) is 16.4 Å². The number of anilines is 2. The largest absolute Gasteiger partial charge is 0.296 e. The molecule has 0 spiro atoms. The van der Waals surface area contributed by atoms with Gasteiger partial charge in [-0.05, 0) is 35.7 Å². The number of sulfonamides is 1. The summed E-state index contributed by atoms with van der Waals surface area (Å²) in [5.74, 6) is -0.339. The molecule has 23 heavy (non-hydrogen) atoms. The minimum atomic E-state index is -3.59. The number of carbonyl (C=O) groups excluding carboxylic acids is 1. The van der Waals surface area contributed by atoms with Gasteiger partial charge in [-0.3, -0.25) is 14.8 Å². The van der Waals surface area contributed by atoms with Crippen molar-refractivity contribution in [1.82, 2.24) is 10.2 Å². The lowest BCUT2D eigenvalue weighted by molar-refractivity contribution is 0.102. The van der Waals surface area contributed by atoms with Crippen molar-refractivity contribution in [2.75, 3.05) is 10.0 Å². The Bertz CT molecular complexity index is 889. The van der Waals surface area contributed by atoms with Crippen LogP contribution in [0, 0.1) is 0 Å². The minimum Gasteiger partial charge on any atom is -0.296 e. The SMILES string of the molecule is O=C(Nc1nncs1)c1ccc(NS(=O)(=O)c2cccs2)cc1. The van der Waals surface area contributed by atoms with Gasteiger partial charge >= 0.3 is 0 Å². The molecule has 2 heterocycles. The van der Waals surface area contributed by atoms with Crippen LogP contribution in [0.2, 0.25) is 0 Å². The summed E-state index contributed by atoms with van der Waals surface area (Å²) in [5.41, 5.74) is 2.28. The zero-order chi connectivity index (χ0) is 16.3. The molecule has 2 N–H and O–H groups in total. The van der Waals surface area contributed by atoms with Crippen LogP contribution in [-0.2, 0) is 10.0 Å². The third kappa shape index (κ3) is 3.73. The van der Waals surface area contributed by atoms with E-state index in [2.05, 4.69) is 20.2 Å². The normalized spacial score (nSPS) is 11.1. The number of amides is 1. The third-order valence-corrected chi connectivity index (χ3v) is 6.13. The second-order valence-electron chi connectivity index (χ2n) is 4.31. The lowest BCUT2D eigenvalue weighted by Crippen LogP contribution is -2.13. The van der Waals surface area contributed by atoms with Crippen molar-refractivity contribution in [3.05, 3.63) is 52.9 Å². The van der Waals surface area contributed by atoms with Gasteiger partial charge in [0.1, 0.15) is 9.72 Å².